The van der Waals surface area contributed by atoms with Crippen molar-refractivity contribution in [2.45, 2.75) is 25.6 Å². The van der Waals surface area contributed by atoms with Crippen LogP contribution >= 0.6 is 0 Å². The molecule has 0 aliphatic rings. The van der Waals surface area contributed by atoms with Crippen molar-refractivity contribution in [3.8, 4) is 56.6 Å². The molecule has 0 fully saturated rings. The van der Waals surface area contributed by atoms with E-state index >= 15 is 0 Å². The first kappa shape index (κ1) is 28.6. The molecule has 0 amide bonds. The van der Waals surface area contributed by atoms with Crippen LogP contribution in [0.25, 0.3) is 99.8 Å². The summed E-state index contributed by atoms with van der Waals surface area (Å²) in [4.78, 5) is 4.86. The van der Waals surface area contributed by atoms with Gasteiger partial charge in [-0.3, -0.25) is 13.7 Å². The maximum atomic E-state index is 9.74. The van der Waals surface area contributed by atoms with Crippen LogP contribution in [-0.2, 0) is 11.8 Å². The third-order valence-electron chi connectivity index (χ3n) is 13.6. The summed E-state index contributed by atoms with van der Waals surface area (Å²) in [7, 11) is 0. The zero-order chi connectivity index (χ0) is 68.2. The van der Waals surface area contributed by atoms with Crippen molar-refractivity contribution < 1.29 is 36.7 Å². The van der Waals surface area contributed by atoms with Gasteiger partial charge in [-0.25, -0.2) is 4.98 Å². The van der Waals surface area contributed by atoms with Crippen LogP contribution in [-0.4, -0.2) is 18.7 Å². The van der Waals surface area contributed by atoms with E-state index in [2.05, 4.69) is 6.33 Å². The van der Waals surface area contributed by atoms with Crippen LogP contribution in [0.4, 0.5) is 0 Å². The number of nitrogens with zero attached hydrogens (tertiary/aromatic N) is 5. The molecule has 4 heterocycles. The first-order valence-electron chi connectivity index (χ1n) is 34.3. The molecule has 0 saturated heterocycles. The van der Waals surface area contributed by atoms with Gasteiger partial charge in [-0.2, -0.15) is 0 Å². The van der Waals surface area contributed by atoms with Gasteiger partial charge in [-0.1, -0.05) is 189 Å². The van der Waals surface area contributed by atoms with Crippen molar-refractivity contribution in [2.75, 3.05) is 0 Å². The molecule has 0 aliphatic carbocycles. The van der Waals surface area contributed by atoms with Crippen molar-refractivity contribution in [1.29, 1.82) is 0 Å². The molecule has 14 rings (SSSR count). The normalized spacial score (nSPS) is 15.8. The van der Waals surface area contributed by atoms with E-state index in [-0.39, 0.29) is 49.7 Å². The summed E-state index contributed by atoms with van der Waals surface area (Å²) >= 11 is 0. The monoisotopic (exact) mass is 998 g/mol. The molecule has 0 radical (unpaired) electrons. The number of rotatable bonds is 11. The van der Waals surface area contributed by atoms with Gasteiger partial charge in [0.25, 0.3) is 6.33 Å². The molecular weight excluding hydrogens is 927 g/mol. The SMILES string of the molecule is [2H]c1c([2H])c([2H])c(-c2cccc(-c3c([2H])c([2H])c([2H])c([2H])c3[2H])c2-[n+]2[c-]n(-c3cccc(Oc4ccc5c6cc(-n7c8c([2H])c([2H])c([2H])c([2H])c8c8c([2H])c([2H])c([2H])c([2H])c87)ccc6n(-c6cc(C([2H])([2H])C(C)(C)c7ccccc7)ccn6)c5c4)c3)c3ccccc32)c([2H])c1[2H]. The number of para-hydroxylation sites is 5. The largest absolute Gasteiger partial charge is 0.458 e. The average molecular weight is 998 g/mol. The number of aromatic nitrogens is 5. The van der Waals surface area contributed by atoms with Crippen molar-refractivity contribution in [1.82, 2.24) is 18.7 Å². The topological polar surface area (TPSA) is 40.8 Å². The fraction of sp³-hybridized carbons (Fsp3) is 0.0571. The minimum absolute atomic E-state index is 0.0572. The quantitative estimate of drug-likeness (QED) is 0.0957. The molecule has 0 atom stereocenters. The lowest BCUT2D eigenvalue weighted by Gasteiger charge is -2.25. The maximum absolute atomic E-state index is 9.74. The van der Waals surface area contributed by atoms with E-state index in [1.54, 1.807) is 112 Å². The molecule has 4 aromatic heterocycles. The van der Waals surface area contributed by atoms with Gasteiger partial charge in [0.15, 0.2) is 0 Å². The Morgan fingerprint density at radius 3 is 1.91 bits per heavy atom. The molecule has 0 N–H and O–H groups in total. The highest BCUT2D eigenvalue weighted by molar-refractivity contribution is 6.12. The van der Waals surface area contributed by atoms with E-state index in [1.807, 2.05) is 54.8 Å². The number of fused-ring (bicyclic) bond motifs is 7. The van der Waals surface area contributed by atoms with Gasteiger partial charge in [0, 0.05) is 42.2 Å². The zero-order valence-electron chi connectivity index (χ0n) is 60.6. The molecule has 362 valence electrons. The Labute approximate surface area is 469 Å². The van der Waals surface area contributed by atoms with Gasteiger partial charge in [0.05, 0.1) is 69.1 Å². The van der Waals surface area contributed by atoms with Gasteiger partial charge in [-0.15, -0.1) is 0 Å². The van der Waals surface area contributed by atoms with Crippen LogP contribution < -0.4 is 9.30 Å². The standard InChI is InChI=1S/C70H51N5O/c1-70(2,51-24-10-5-11-25-51)46-48-40-41-71-68(42-48)75-64-39-36-53(74-62-32-14-12-28-58(62)59-29-13-15-33-63(59)74)44-61(64)60-38-37-55(45-67(60)75)76-54-27-18-26-52(43-54)72-47-73(66-35-17-16-34-65(66)72)69-56(49-20-6-3-7-21-49)30-19-31-57(69)50-22-8-4-9-23-50/h3-45H,46H2,1-2H3/i3D,4D,6D,7D,8D,9D,12D,13D,14D,15D,20D,21D,22D,23D,28D,29D,32D,33D,46D2. The highest BCUT2D eigenvalue weighted by Gasteiger charge is 2.24. The van der Waals surface area contributed by atoms with Gasteiger partial charge >= 0.3 is 0 Å². The Hall–Kier alpha value is -9.78. The summed E-state index contributed by atoms with van der Waals surface area (Å²) in [5, 5.41) is 1.03. The van der Waals surface area contributed by atoms with Crippen LogP contribution in [0.3, 0.4) is 0 Å². The van der Waals surface area contributed by atoms with Gasteiger partial charge in [0.2, 0.25) is 0 Å². The second-order valence-corrected chi connectivity index (χ2v) is 18.6. The Balaban J connectivity index is 0.953. The second-order valence-electron chi connectivity index (χ2n) is 18.6. The average Bonchev–Trinajstić information content (AvgIpc) is 1.61. The first-order chi connectivity index (χ1) is 45.7. The number of ether oxygens (including phenoxy) is 1. The van der Waals surface area contributed by atoms with E-state index in [4.69, 9.17) is 31.7 Å². The molecule has 0 saturated carbocycles. The lowest BCUT2D eigenvalue weighted by atomic mass is 9.79. The third kappa shape index (κ3) is 7.73. The zero-order valence-corrected chi connectivity index (χ0v) is 40.6. The Morgan fingerprint density at radius 1 is 0.513 bits per heavy atom. The van der Waals surface area contributed by atoms with Crippen LogP contribution in [0, 0.1) is 6.33 Å². The van der Waals surface area contributed by atoms with Crippen molar-refractivity contribution in [2.24, 2.45) is 0 Å². The van der Waals surface area contributed by atoms with Gasteiger partial charge in [-0.05, 0) is 118 Å². The molecule has 0 spiro atoms. The number of hydrogen-bond donors (Lipinski definition) is 0. The highest BCUT2D eigenvalue weighted by Crippen LogP contribution is 2.40. The number of pyridine rings is 1. The van der Waals surface area contributed by atoms with Crippen LogP contribution in [0.5, 0.6) is 11.5 Å². The fourth-order valence-electron chi connectivity index (χ4n) is 10.2. The molecule has 6 nitrogen and oxygen atoms in total. The summed E-state index contributed by atoms with van der Waals surface area (Å²) in [6, 6.07) is 32.1. The third-order valence-corrected chi connectivity index (χ3v) is 13.6. The minimum atomic E-state index is -1.98. The summed E-state index contributed by atoms with van der Waals surface area (Å²) in [6.45, 7) is 3.68. The minimum Gasteiger partial charge on any atom is -0.458 e. The lowest BCUT2D eigenvalue weighted by Crippen LogP contribution is -2.31. The Morgan fingerprint density at radius 2 is 1.17 bits per heavy atom. The number of benzene rings is 10. The Kier molecular flexibility index (Phi) is 6.89. The van der Waals surface area contributed by atoms with Crippen molar-refractivity contribution >= 4 is 54.6 Å². The first-order valence-corrected chi connectivity index (χ1v) is 24.3. The predicted octanol–water partition coefficient (Wildman–Crippen LogP) is 16.9. The second kappa shape index (κ2) is 18.3. The fourth-order valence-corrected chi connectivity index (χ4v) is 10.2. The maximum Gasteiger partial charge on any atom is 0.269 e. The van der Waals surface area contributed by atoms with E-state index in [0.29, 0.717) is 67.1 Å². The number of imidazole rings is 1. The highest BCUT2D eigenvalue weighted by atomic mass is 16.5. The smallest absolute Gasteiger partial charge is 0.269 e. The Bertz CT molecular complexity index is 5480. The molecule has 0 aliphatic heterocycles. The van der Waals surface area contributed by atoms with Crippen LogP contribution in [0.2, 0.25) is 0 Å². The summed E-state index contributed by atoms with van der Waals surface area (Å²) < 4.78 is 192. The van der Waals surface area contributed by atoms with Crippen molar-refractivity contribution in [3.63, 3.8) is 0 Å². The molecule has 10 aromatic carbocycles. The van der Waals surface area contributed by atoms with Crippen LogP contribution in [0.15, 0.2) is 261 Å². The lowest BCUT2D eigenvalue weighted by molar-refractivity contribution is -0.571. The molecule has 0 unspecified atom stereocenters. The molecule has 0 bridgehead atoms. The molecular formula is C70H51N5O. The predicted molar refractivity (Wildman–Crippen MR) is 311 cm³/mol. The van der Waals surface area contributed by atoms with E-state index in [1.165, 1.54) is 16.8 Å². The van der Waals surface area contributed by atoms with E-state index < -0.39 is 121 Å². The van der Waals surface area contributed by atoms with Crippen molar-refractivity contribution in [3.05, 3.63) is 278 Å². The van der Waals surface area contributed by atoms with Gasteiger partial charge in [0.1, 0.15) is 17.3 Å². The van der Waals surface area contributed by atoms with E-state index in [9.17, 15) is 5.48 Å². The van der Waals surface area contributed by atoms with Crippen LogP contribution in [0.1, 0.15) is 52.4 Å². The molecule has 14 aromatic rings. The number of hydrogen-bond acceptors (Lipinski definition) is 2. The molecule has 6 heteroatoms. The summed E-state index contributed by atoms with van der Waals surface area (Å²) in [5.41, 5.74) is 2.64. The summed E-state index contributed by atoms with van der Waals surface area (Å²) in [6.07, 6.45) is 2.97. The molecule has 76 heavy (non-hydrogen) atoms. The van der Waals surface area contributed by atoms with Gasteiger partial charge < -0.3 is 9.30 Å². The van der Waals surface area contributed by atoms with E-state index in [0.717, 1.165) is 5.56 Å². The summed E-state index contributed by atoms with van der Waals surface area (Å²) in [5.74, 6) is 0.964.